The van der Waals surface area contributed by atoms with Crippen molar-refractivity contribution in [3.05, 3.63) is 53.6 Å². The fourth-order valence-corrected chi connectivity index (χ4v) is 1.97. The molecule has 3 heteroatoms. The number of imidazole rings is 1. The normalized spacial score (nSPS) is 11.8. The Morgan fingerprint density at radius 1 is 1.33 bits per heavy atom. The third kappa shape index (κ3) is 3.47. The summed E-state index contributed by atoms with van der Waals surface area (Å²) in [5.41, 5.74) is 2.54. The van der Waals surface area contributed by atoms with Gasteiger partial charge in [0.1, 0.15) is 0 Å². The van der Waals surface area contributed by atoms with Gasteiger partial charge in [0.15, 0.2) is 0 Å². The van der Waals surface area contributed by atoms with Gasteiger partial charge >= 0.3 is 0 Å². The molecule has 0 atom stereocenters. The predicted octanol–water partition coefficient (Wildman–Crippen LogP) is 4.72. The second-order valence-electron chi connectivity index (χ2n) is 4.27. The maximum absolute atomic E-state index is 5.93. The van der Waals surface area contributed by atoms with E-state index in [9.17, 15) is 0 Å². The molecule has 0 aliphatic carbocycles. The quantitative estimate of drug-likeness (QED) is 0.760. The van der Waals surface area contributed by atoms with Crippen LogP contribution in [0.25, 0.3) is 11.8 Å². The van der Waals surface area contributed by atoms with Gasteiger partial charge in [-0.15, -0.1) is 0 Å². The Hall–Kier alpha value is -1.54. The molecule has 94 valence electrons. The van der Waals surface area contributed by atoms with Gasteiger partial charge in [0.05, 0.1) is 6.33 Å². The van der Waals surface area contributed by atoms with Crippen molar-refractivity contribution < 1.29 is 0 Å². The molecule has 0 saturated carbocycles. The minimum absolute atomic E-state index is 0.774. The summed E-state index contributed by atoms with van der Waals surface area (Å²) in [6.07, 6.45) is 11.1. The van der Waals surface area contributed by atoms with Crippen molar-refractivity contribution in [2.24, 2.45) is 0 Å². The first-order valence-corrected chi connectivity index (χ1v) is 6.61. The molecule has 18 heavy (non-hydrogen) atoms. The van der Waals surface area contributed by atoms with Crippen LogP contribution < -0.4 is 0 Å². The molecule has 1 heterocycles. The van der Waals surface area contributed by atoms with Gasteiger partial charge in [-0.2, -0.15) is 0 Å². The smallest absolute Gasteiger partial charge is 0.0986 e. The highest BCUT2D eigenvalue weighted by Crippen LogP contribution is 2.23. The maximum atomic E-state index is 5.93. The summed E-state index contributed by atoms with van der Waals surface area (Å²) in [6.45, 7) is 2.21. The number of rotatable bonds is 5. The van der Waals surface area contributed by atoms with Gasteiger partial charge in [-0.1, -0.05) is 37.1 Å². The number of unbranched alkanes of at least 4 members (excludes halogenated alkanes) is 1. The molecule has 0 bridgehead atoms. The molecular weight excluding hydrogens is 244 g/mol. The molecule has 1 aromatic heterocycles. The first-order valence-electron chi connectivity index (χ1n) is 6.23. The largest absolute Gasteiger partial charge is 0.313 e. The van der Waals surface area contributed by atoms with Crippen LogP contribution >= 0.6 is 11.6 Å². The highest BCUT2D eigenvalue weighted by molar-refractivity contribution is 6.30. The highest BCUT2D eigenvalue weighted by atomic mass is 35.5. The zero-order chi connectivity index (χ0) is 12.8. The molecule has 0 saturated heterocycles. The molecule has 0 N–H and O–H groups in total. The minimum Gasteiger partial charge on any atom is -0.313 e. The molecule has 2 rings (SSSR count). The molecule has 0 spiro atoms. The summed E-state index contributed by atoms with van der Waals surface area (Å²) in [6, 6.07) is 8.01. The number of allylic oxidation sites excluding steroid dienone is 1. The van der Waals surface area contributed by atoms with Crippen molar-refractivity contribution in [3.8, 4) is 0 Å². The third-order valence-electron chi connectivity index (χ3n) is 2.84. The lowest BCUT2D eigenvalue weighted by molar-refractivity contribution is 0.824. The van der Waals surface area contributed by atoms with Crippen LogP contribution in [0.4, 0.5) is 0 Å². The van der Waals surface area contributed by atoms with Gasteiger partial charge in [-0.3, -0.25) is 0 Å². The number of nitrogens with zero attached hydrogens (tertiary/aromatic N) is 2. The van der Waals surface area contributed by atoms with Gasteiger partial charge < -0.3 is 4.57 Å². The molecular formula is C15H17ClN2. The topological polar surface area (TPSA) is 17.8 Å². The van der Waals surface area contributed by atoms with Crippen LogP contribution in [-0.4, -0.2) is 9.55 Å². The van der Waals surface area contributed by atoms with Crippen LogP contribution in [0, 0.1) is 0 Å². The van der Waals surface area contributed by atoms with Crippen LogP contribution in [0.2, 0.25) is 5.02 Å². The van der Waals surface area contributed by atoms with Gasteiger partial charge in [-0.25, -0.2) is 4.98 Å². The van der Waals surface area contributed by atoms with E-state index in [2.05, 4.69) is 30.2 Å². The number of aromatic nitrogens is 2. The Kier molecular flexibility index (Phi) is 4.59. The van der Waals surface area contributed by atoms with E-state index in [1.54, 1.807) is 6.20 Å². The van der Waals surface area contributed by atoms with Crippen LogP contribution in [0.3, 0.4) is 0 Å². The van der Waals surface area contributed by atoms with E-state index in [1.807, 2.05) is 29.2 Å². The van der Waals surface area contributed by atoms with Gasteiger partial charge in [0.2, 0.25) is 0 Å². The first kappa shape index (κ1) is 12.9. The predicted molar refractivity (Wildman–Crippen MR) is 77.4 cm³/mol. The summed E-state index contributed by atoms with van der Waals surface area (Å²) in [5.74, 6) is 0. The van der Waals surface area contributed by atoms with Crippen LogP contribution in [-0.2, 0) is 0 Å². The van der Waals surface area contributed by atoms with Gasteiger partial charge in [0, 0.05) is 23.6 Å². The average molecular weight is 261 g/mol. The lowest BCUT2D eigenvalue weighted by Crippen LogP contribution is -1.89. The fourth-order valence-electron chi connectivity index (χ4n) is 1.84. The zero-order valence-electron chi connectivity index (χ0n) is 10.5. The van der Waals surface area contributed by atoms with Crippen molar-refractivity contribution in [3.63, 3.8) is 0 Å². The zero-order valence-corrected chi connectivity index (χ0v) is 11.3. The van der Waals surface area contributed by atoms with Crippen molar-refractivity contribution in [1.29, 1.82) is 0 Å². The lowest BCUT2D eigenvalue weighted by atomic mass is 10.0. The summed E-state index contributed by atoms with van der Waals surface area (Å²) in [7, 11) is 0. The minimum atomic E-state index is 0.774. The molecule has 2 aromatic rings. The van der Waals surface area contributed by atoms with Crippen molar-refractivity contribution in [2.45, 2.75) is 26.2 Å². The lowest BCUT2D eigenvalue weighted by Gasteiger charge is -2.08. The first-order chi connectivity index (χ1) is 8.79. The molecule has 0 aliphatic heterocycles. The molecule has 1 aromatic carbocycles. The Balaban J connectivity index is 2.27. The van der Waals surface area contributed by atoms with Gasteiger partial charge in [0.25, 0.3) is 0 Å². The Labute approximate surface area is 113 Å². The molecule has 0 unspecified atom stereocenters. The van der Waals surface area contributed by atoms with Crippen LogP contribution in [0.5, 0.6) is 0 Å². The van der Waals surface area contributed by atoms with E-state index in [0.717, 1.165) is 11.4 Å². The van der Waals surface area contributed by atoms with E-state index in [0.29, 0.717) is 0 Å². The second-order valence-corrected chi connectivity index (χ2v) is 4.71. The summed E-state index contributed by atoms with van der Waals surface area (Å²) in [4.78, 5) is 4.06. The molecule has 0 fully saturated rings. The highest BCUT2D eigenvalue weighted by Gasteiger charge is 2.02. The molecule has 0 radical (unpaired) electrons. The van der Waals surface area contributed by atoms with Crippen molar-refractivity contribution in [1.82, 2.24) is 9.55 Å². The molecule has 0 amide bonds. The summed E-state index contributed by atoms with van der Waals surface area (Å²) >= 11 is 5.93. The molecule has 0 aliphatic rings. The van der Waals surface area contributed by atoms with E-state index < -0.39 is 0 Å². The Morgan fingerprint density at radius 3 is 2.72 bits per heavy atom. The Morgan fingerprint density at radius 2 is 2.11 bits per heavy atom. The van der Waals surface area contributed by atoms with E-state index >= 15 is 0 Å². The van der Waals surface area contributed by atoms with Gasteiger partial charge in [-0.05, 0) is 36.1 Å². The maximum Gasteiger partial charge on any atom is 0.0986 e. The number of hydrogen-bond acceptors (Lipinski definition) is 1. The number of hydrogen-bond donors (Lipinski definition) is 0. The summed E-state index contributed by atoms with van der Waals surface area (Å²) < 4.78 is 1.99. The monoisotopic (exact) mass is 260 g/mol. The second kappa shape index (κ2) is 6.41. The van der Waals surface area contributed by atoms with E-state index in [-0.39, 0.29) is 0 Å². The number of benzene rings is 1. The third-order valence-corrected chi connectivity index (χ3v) is 3.10. The van der Waals surface area contributed by atoms with Crippen molar-refractivity contribution in [2.75, 3.05) is 0 Å². The van der Waals surface area contributed by atoms with E-state index in [1.165, 1.54) is 24.0 Å². The average Bonchev–Trinajstić information content (AvgIpc) is 2.88. The van der Waals surface area contributed by atoms with Crippen molar-refractivity contribution >= 4 is 23.4 Å². The Bertz CT molecular complexity index is 498. The molecule has 2 nitrogen and oxygen atoms in total. The SMILES string of the molecule is CCCC/C(=C\n1ccnc1)c1ccc(Cl)cc1. The van der Waals surface area contributed by atoms with Crippen LogP contribution in [0.15, 0.2) is 43.0 Å². The van der Waals surface area contributed by atoms with E-state index in [4.69, 9.17) is 11.6 Å². The number of halogens is 1. The summed E-state index contributed by atoms with van der Waals surface area (Å²) in [5, 5.41) is 0.774. The van der Waals surface area contributed by atoms with Crippen LogP contribution in [0.1, 0.15) is 31.7 Å². The fraction of sp³-hybridized carbons (Fsp3) is 0.267. The standard InChI is InChI=1S/C15H17ClN2/c1-2-3-4-14(11-18-10-9-17-12-18)13-5-7-15(16)8-6-13/h5-12H,2-4H2,1H3/b14-11+.